The van der Waals surface area contributed by atoms with Gasteiger partial charge in [-0.05, 0) is 26.3 Å². The Morgan fingerprint density at radius 1 is 1.69 bits per heavy atom. The number of carbonyl (C=O) groups is 1. The molecule has 1 amide bonds. The Morgan fingerprint density at radius 3 is 3.12 bits per heavy atom. The zero-order valence-corrected chi connectivity index (χ0v) is 10.00. The minimum absolute atomic E-state index is 0.0734. The fourth-order valence-electron chi connectivity index (χ4n) is 1.72. The second kappa shape index (κ2) is 7.41. The number of nitrogens with one attached hydrogen (secondary N) is 2. The second-order valence-electron chi connectivity index (χ2n) is 4.16. The molecule has 0 aromatic carbocycles. The van der Waals surface area contributed by atoms with Crippen molar-refractivity contribution in [2.24, 2.45) is 0 Å². The standard InChI is InChI=1S/C12H22N2O2/c1-3-7-14-12(15)10(2)16-9-11-6-4-5-8-13-11/h3,10-11,13H,1,4-9H2,2H3,(H,14,15). The predicted molar refractivity (Wildman–Crippen MR) is 64.3 cm³/mol. The smallest absolute Gasteiger partial charge is 0.249 e. The van der Waals surface area contributed by atoms with Gasteiger partial charge in [-0.2, -0.15) is 0 Å². The lowest BCUT2D eigenvalue weighted by atomic mass is 10.1. The van der Waals surface area contributed by atoms with Crippen molar-refractivity contribution in [2.75, 3.05) is 19.7 Å². The van der Waals surface area contributed by atoms with E-state index in [-0.39, 0.29) is 12.0 Å². The van der Waals surface area contributed by atoms with E-state index in [0.29, 0.717) is 19.2 Å². The van der Waals surface area contributed by atoms with Gasteiger partial charge in [-0.15, -0.1) is 6.58 Å². The average molecular weight is 226 g/mol. The Morgan fingerprint density at radius 2 is 2.50 bits per heavy atom. The summed E-state index contributed by atoms with van der Waals surface area (Å²) in [7, 11) is 0. The number of rotatable bonds is 6. The molecule has 0 aromatic heterocycles. The minimum atomic E-state index is -0.385. The van der Waals surface area contributed by atoms with Gasteiger partial charge in [-0.3, -0.25) is 4.79 Å². The summed E-state index contributed by atoms with van der Waals surface area (Å²) in [6.45, 7) is 7.49. The monoisotopic (exact) mass is 226 g/mol. The van der Waals surface area contributed by atoms with E-state index in [2.05, 4.69) is 17.2 Å². The summed E-state index contributed by atoms with van der Waals surface area (Å²) in [5.74, 6) is -0.0734. The molecule has 0 radical (unpaired) electrons. The predicted octanol–water partition coefficient (Wildman–Crippen LogP) is 0.836. The molecule has 4 nitrogen and oxygen atoms in total. The third-order valence-electron chi connectivity index (χ3n) is 2.75. The van der Waals surface area contributed by atoms with Crippen molar-refractivity contribution < 1.29 is 9.53 Å². The highest BCUT2D eigenvalue weighted by Crippen LogP contribution is 2.07. The molecule has 0 saturated carbocycles. The first kappa shape index (κ1) is 13.2. The Hall–Kier alpha value is -0.870. The highest BCUT2D eigenvalue weighted by Gasteiger charge is 2.17. The molecule has 2 unspecified atom stereocenters. The van der Waals surface area contributed by atoms with Crippen molar-refractivity contribution in [1.82, 2.24) is 10.6 Å². The summed E-state index contributed by atoms with van der Waals surface area (Å²) in [6.07, 6.45) is 4.90. The van der Waals surface area contributed by atoms with E-state index in [1.54, 1.807) is 13.0 Å². The van der Waals surface area contributed by atoms with E-state index < -0.39 is 0 Å². The molecule has 1 aliphatic rings. The van der Waals surface area contributed by atoms with E-state index in [1.807, 2.05) is 0 Å². The molecule has 0 spiro atoms. The largest absolute Gasteiger partial charge is 0.367 e. The highest BCUT2D eigenvalue weighted by atomic mass is 16.5. The van der Waals surface area contributed by atoms with Gasteiger partial charge in [0.25, 0.3) is 0 Å². The van der Waals surface area contributed by atoms with Gasteiger partial charge >= 0.3 is 0 Å². The lowest BCUT2D eigenvalue weighted by Gasteiger charge is -2.24. The van der Waals surface area contributed by atoms with Crippen LogP contribution in [0.2, 0.25) is 0 Å². The molecule has 2 atom stereocenters. The van der Waals surface area contributed by atoms with Gasteiger partial charge in [-0.1, -0.05) is 12.5 Å². The second-order valence-corrected chi connectivity index (χ2v) is 4.16. The fraction of sp³-hybridized carbons (Fsp3) is 0.750. The quantitative estimate of drug-likeness (QED) is 0.660. The van der Waals surface area contributed by atoms with Crippen molar-refractivity contribution in [3.63, 3.8) is 0 Å². The zero-order chi connectivity index (χ0) is 11.8. The molecule has 1 heterocycles. The highest BCUT2D eigenvalue weighted by molar-refractivity contribution is 5.80. The van der Waals surface area contributed by atoms with Crippen molar-refractivity contribution in [3.8, 4) is 0 Å². The van der Waals surface area contributed by atoms with E-state index in [9.17, 15) is 4.79 Å². The maximum Gasteiger partial charge on any atom is 0.249 e. The van der Waals surface area contributed by atoms with Gasteiger partial charge in [0.05, 0.1) is 6.61 Å². The third kappa shape index (κ3) is 4.77. The van der Waals surface area contributed by atoms with Gasteiger partial charge < -0.3 is 15.4 Å². The zero-order valence-electron chi connectivity index (χ0n) is 10.00. The summed E-state index contributed by atoms with van der Waals surface area (Å²) < 4.78 is 5.53. The lowest BCUT2D eigenvalue weighted by Crippen LogP contribution is -2.41. The van der Waals surface area contributed by atoms with Crippen LogP contribution >= 0.6 is 0 Å². The molecule has 1 rings (SSSR count). The molecular weight excluding hydrogens is 204 g/mol. The Bertz CT molecular complexity index is 225. The first-order valence-electron chi connectivity index (χ1n) is 5.97. The first-order chi connectivity index (χ1) is 7.74. The fourth-order valence-corrected chi connectivity index (χ4v) is 1.72. The summed E-state index contributed by atoms with van der Waals surface area (Å²) in [5, 5.41) is 6.10. The van der Waals surface area contributed by atoms with Crippen LogP contribution < -0.4 is 10.6 Å². The molecule has 92 valence electrons. The molecule has 1 aliphatic heterocycles. The lowest BCUT2D eigenvalue weighted by molar-refractivity contribution is -0.132. The van der Waals surface area contributed by atoms with E-state index >= 15 is 0 Å². The number of hydrogen-bond acceptors (Lipinski definition) is 3. The Balaban J connectivity index is 2.15. The number of amides is 1. The molecule has 2 N–H and O–H groups in total. The molecule has 16 heavy (non-hydrogen) atoms. The van der Waals surface area contributed by atoms with Crippen LogP contribution in [0.5, 0.6) is 0 Å². The van der Waals surface area contributed by atoms with Crippen molar-refractivity contribution in [1.29, 1.82) is 0 Å². The van der Waals surface area contributed by atoms with Crippen LogP contribution in [0.4, 0.5) is 0 Å². The molecule has 1 saturated heterocycles. The third-order valence-corrected chi connectivity index (χ3v) is 2.75. The van der Waals surface area contributed by atoms with Crippen molar-refractivity contribution in [2.45, 2.75) is 38.3 Å². The topological polar surface area (TPSA) is 50.4 Å². The van der Waals surface area contributed by atoms with Gasteiger partial charge in [-0.25, -0.2) is 0 Å². The van der Waals surface area contributed by atoms with E-state index in [4.69, 9.17) is 4.74 Å². The molecule has 0 bridgehead atoms. The molecule has 1 fully saturated rings. The van der Waals surface area contributed by atoms with E-state index in [1.165, 1.54) is 12.8 Å². The van der Waals surface area contributed by atoms with Crippen LogP contribution in [-0.2, 0) is 9.53 Å². The molecule has 0 aromatic rings. The van der Waals surface area contributed by atoms with Crippen LogP contribution in [0.15, 0.2) is 12.7 Å². The van der Waals surface area contributed by atoms with Crippen LogP contribution in [-0.4, -0.2) is 37.7 Å². The minimum Gasteiger partial charge on any atom is -0.367 e. The summed E-state index contributed by atoms with van der Waals surface area (Å²) in [5.41, 5.74) is 0. The van der Waals surface area contributed by atoms with Crippen LogP contribution in [0.1, 0.15) is 26.2 Å². The van der Waals surface area contributed by atoms with E-state index in [0.717, 1.165) is 13.0 Å². The Labute approximate surface area is 97.4 Å². The van der Waals surface area contributed by atoms with Gasteiger partial charge in [0.2, 0.25) is 5.91 Å². The summed E-state index contributed by atoms with van der Waals surface area (Å²) in [6, 6.07) is 0.406. The molecular formula is C12H22N2O2. The van der Waals surface area contributed by atoms with Gasteiger partial charge in [0, 0.05) is 12.6 Å². The summed E-state index contributed by atoms with van der Waals surface area (Å²) in [4.78, 5) is 11.5. The number of piperidine rings is 1. The van der Waals surface area contributed by atoms with Crippen LogP contribution in [0.25, 0.3) is 0 Å². The normalized spacial score (nSPS) is 22.4. The summed E-state index contributed by atoms with van der Waals surface area (Å²) >= 11 is 0. The average Bonchev–Trinajstić information content (AvgIpc) is 2.34. The SMILES string of the molecule is C=CCNC(=O)C(C)OCC1CCCCN1. The maximum absolute atomic E-state index is 11.5. The van der Waals surface area contributed by atoms with Crippen LogP contribution in [0, 0.1) is 0 Å². The first-order valence-corrected chi connectivity index (χ1v) is 5.97. The van der Waals surface area contributed by atoms with Gasteiger partial charge in [0.15, 0.2) is 0 Å². The maximum atomic E-state index is 11.5. The van der Waals surface area contributed by atoms with Crippen LogP contribution in [0.3, 0.4) is 0 Å². The van der Waals surface area contributed by atoms with Gasteiger partial charge in [0.1, 0.15) is 6.10 Å². The number of carbonyl (C=O) groups excluding carboxylic acids is 1. The molecule has 0 aliphatic carbocycles. The number of ether oxygens (including phenoxy) is 1. The van der Waals surface area contributed by atoms with Crippen molar-refractivity contribution >= 4 is 5.91 Å². The molecule has 4 heteroatoms. The Kier molecular flexibility index (Phi) is 6.11. The van der Waals surface area contributed by atoms with Crippen molar-refractivity contribution in [3.05, 3.63) is 12.7 Å². The number of hydrogen-bond donors (Lipinski definition) is 2.